The molecular formula is C9H11ClN2O4S. The second-order valence-electron chi connectivity index (χ2n) is 3.01. The average molecular weight is 279 g/mol. The zero-order chi connectivity index (χ0) is 12.9. The molecule has 0 amide bonds. The first-order valence-corrected chi connectivity index (χ1v) is 6.74. The highest BCUT2D eigenvalue weighted by molar-refractivity contribution is 7.93. The van der Waals surface area contributed by atoms with Gasteiger partial charge in [0.2, 0.25) is 10.0 Å². The van der Waals surface area contributed by atoms with Crippen LogP contribution >= 0.6 is 11.6 Å². The molecular weight excluding hydrogens is 268 g/mol. The van der Waals surface area contributed by atoms with Gasteiger partial charge in [-0.15, -0.1) is 0 Å². The average Bonchev–Trinajstić information content (AvgIpc) is 2.20. The summed E-state index contributed by atoms with van der Waals surface area (Å²) in [5.41, 5.74) is 0.124. The topological polar surface area (TPSA) is 85.4 Å². The number of aromatic nitrogens is 1. The summed E-state index contributed by atoms with van der Waals surface area (Å²) >= 11 is 5.67. The van der Waals surface area contributed by atoms with E-state index in [2.05, 4.69) is 14.4 Å². The number of hydrogen-bond donors (Lipinski definition) is 1. The number of nitrogens with one attached hydrogen (secondary N) is 1. The van der Waals surface area contributed by atoms with E-state index in [1.54, 1.807) is 6.92 Å². The maximum absolute atomic E-state index is 11.5. The van der Waals surface area contributed by atoms with E-state index in [0.29, 0.717) is 0 Å². The number of carbonyl (C=O) groups is 1. The molecule has 0 aliphatic carbocycles. The molecule has 0 saturated carbocycles. The third-order valence-corrected chi connectivity index (χ3v) is 3.09. The van der Waals surface area contributed by atoms with Gasteiger partial charge in [0.15, 0.2) is 10.9 Å². The largest absolute Gasteiger partial charge is 0.465 e. The van der Waals surface area contributed by atoms with E-state index in [9.17, 15) is 13.2 Å². The maximum Gasteiger partial charge on any atom is 0.323 e. The number of sulfonamides is 1. The van der Waals surface area contributed by atoms with Gasteiger partial charge in [0.05, 0.1) is 12.3 Å². The van der Waals surface area contributed by atoms with Gasteiger partial charge in [-0.1, -0.05) is 11.6 Å². The lowest BCUT2D eigenvalue weighted by molar-refractivity contribution is -0.139. The Morgan fingerprint density at radius 1 is 1.59 bits per heavy atom. The quantitative estimate of drug-likeness (QED) is 0.642. The number of rotatable bonds is 5. The van der Waals surface area contributed by atoms with Crippen molar-refractivity contribution in [1.29, 1.82) is 0 Å². The van der Waals surface area contributed by atoms with Crippen LogP contribution in [0.3, 0.4) is 0 Å². The fourth-order valence-corrected chi connectivity index (χ4v) is 2.21. The molecule has 6 nitrogen and oxygen atoms in total. The van der Waals surface area contributed by atoms with Crippen molar-refractivity contribution in [3.8, 4) is 0 Å². The third kappa shape index (κ3) is 4.58. The van der Waals surface area contributed by atoms with E-state index in [4.69, 9.17) is 11.6 Å². The maximum atomic E-state index is 11.5. The van der Waals surface area contributed by atoms with Gasteiger partial charge in [0, 0.05) is 6.20 Å². The monoisotopic (exact) mass is 278 g/mol. The van der Waals surface area contributed by atoms with Crippen molar-refractivity contribution < 1.29 is 17.9 Å². The molecule has 0 unspecified atom stereocenters. The van der Waals surface area contributed by atoms with Crippen molar-refractivity contribution >= 4 is 33.3 Å². The van der Waals surface area contributed by atoms with Crippen LogP contribution in [0.2, 0.25) is 5.15 Å². The van der Waals surface area contributed by atoms with Crippen molar-refractivity contribution in [3.05, 3.63) is 23.5 Å². The Balaban J connectivity index is 2.74. The Morgan fingerprint density at radius 2 is 2.29 bits per heavy atom. The highest BCUT2D eigenvalue weighted by Crippen LogP contribution is 2.18. The molecule has 0 radical (unpaired) electrons. The van der Waals surface area contributed by atoms with Crippen molar-refractivity contribution in [1.82, 2.24) is 4.98 Å². The number of hydrogen-bond acceptors (Lipinski definition) is 5. The molecule has 0 aliphatic heterocycles. The van der Waals surface area contributed by atoms with Crippen LogP contribution < -0.4 is 4.72 Å². The molecule has 0 aromatic carbocycles. The van der Waals surface area contributed by atoms with Crippen LogP contribution in [-0.4, -0.2) is 31.7 Å². The van der Waals surface area contributed by atoms with Crippen LogP contribution in [0.5, 0.6) is 0 Å². The number of nitrogens with zero attached hydrogens (tertiary/aromatic N) is 1. The van der Waals surface area contributed by atoms with Crippen LogP contribution in [-0.2, 0) is 19.6 Å². The predicted molar refractivity (Wildman–Crippen MR) is 63.3 cm³/mol. The van der Waals surface area contributed by atoms with Gasteiger partial charge >= 0.3 is 5.97 Å². The van der Waals surface area contributed by atoms with Crippen molar-refractivity contribution in [2.75, 3.05) is 17.1 Å². The van der Waals surface area contributed by atoms with Crippen LogP contribution in [0, 0.1) is 0 Å². The standard InChI is InChI=1S/C9H11ClN2O4S/c1-2-16-8(13)6-17(14,15)12-7-4-3-5-11-9(7)10/h3-5,12H,2,6H2,1H3. The highest BCUT2D eigenvalue weighted by Gasteiger charge is 2.18. The zero-order valence-corrected chi connectivity index (χ0v) is 10.6. The van der Waals surface area contributed by atoms with Gasteiger partial charge in [0.25, 0.3) is 0 Å². The Bertz CT molecular complexity index is 503. The normalized spacial score (nSPS) is 10.9. The first-order valence-electron chi connectivity index (χ1n) is 4.71. The van der Waals surface area contributed by atoms with E-state index < -0.39 is 21.7 Å². The fraction of sp³-hybridized carbons (Fsp3) is 0.333. The molecule has 1 rings (SSSR count). The number of carbonyl (C=O) groups excluding carboxylic acids is 1. The summed E-state index contributed by atoms with van der Waals surface area (Å²) in [6.07, 6.45) is 1.42. The summed E-state index contributed by atoms with van der Waals surface area (Å²) in [4.78, 5) is 14.7. The molecule has 1 aromatic heterocycles. The Kier molecular flexibility index (Phi) is 4.71. The second-order valence-corrected chi connectivity index (χ2v) is 5.09. The molecule has 17 heavy (non-hydrogen) atoms. The molecule has 0 spiro atoms. The Morgan fingerprint density at radius 3 is 2.88 bits per heavy atom. The van der Waals surface area contributed by atoms with Gasteiger partial charge in [0.1, 0.15) is 0 Å². The highest BCUT2D eigenvalue weighted by atomic mass is 35.5. The van der Waals surface area contributed by atoms with E-state index in [1.807, 2.05) is 0 Å². The zero-order valence-electron chi connectivity index (χ0n) is 9.01. The summed E-state index contributed by atoms with van der Waals surface area (Å²) in [6.45, 7) is 1.72. The Labute approximate surface area is 104 Å². The minimum absolute atomic E-state index is 0.0138. The SMILES string of the molecule is CCOC(=O)CS(=O)(=O)Nc1cccnc1Cl. The number of halogens is 1. The molecule has 0 aliphatic rings. The van der Waals surface area contributed by atoms with Gasteiger partial charge in [-0.3, -0.25) is 9.52 Å². The molecule has 0 fully saturated rings. The lowest BCUT2D eigenvalue weighted by Crippen LogP contribution is -2.24. The van der Waals surface area contributed by atoms with Crippen LogP contribution in [0.4, 0.5) is 5.69 Å². The molecule has 1 aromatic rings. The van der Waals surface area contributed by atoms with Gasteiger partial charge < -0.3 is 4.74 Å². The van der Waals surface area contributed by atoms with E-state index in [-0.39, 0.29) is 17.4 Å². The van der Waals surface area contributed by atoms with E-state index in [1.165, 1.54) is 18.3 Å². The molecule has 1 N–H and O–H groups in total. The van der Waals surface area contributed by atoms with Crippen molar-refractivity contribution in [3.63, 3.8) is 0 Å². The predicted octanol–water partition coefficient (Wildman–Crippen LogP) is 1.04. The van der Waals surface area contributed by atoms with Gasteiger partial charge in [-0.25, -0.2) is 13.4 Å². The molecule has 1 heterocycles. The summed E-state index contributed by atoms with van der Waals surface area (Å²) in [7, 11) is -3.83. The number of esters is 1. The molecule has 0 saturated heterocycles. The van der Waals surface area contributed by atoms with Crippen molar-refractivity contribution in [2.24, 2.45) is 0 Å². The molecule has 8 heteroatoms. The Hall–Kier alpha value is -1.34. The van der Waals surface area contributed by atoms with Gasteiger partial charge in [-0.05, 0) is 19.1 Å². The number of ether oxygens (including phenoxy) is 1. The summed E-state index contributed by atoms with van der Waals surface area (Å²) in [6, 6.07) is 2.96. The lowest BCUT2D eigenvalue weighted by atomic mass is 10.4. The van der Waals surface area contributed by atoms with Crippen LogP contribution in [0.15, 0.2) is 18.3 Å². The minimum Gasteiger partial charge on any atom is -0.465 e. The smallest absolute Gasteiger partial charge is 0.323 e. The molecule has 0 bridgehead atoms. The third-order valence-electron chi connectivity index (χ3n) is 1.64. The molecule has 94 valence electrons. The summed E-state index contributed by atoms with van der Waals surface area (Å²) in [5.74, 6) is -1.58. The number of pyridine rings is 1. The van der Waals surface area contributed by atoms with Crippen LogP contribution in [0.25, 0.3) is 0 Å². The molecule has 0 atom stereocenters. The first kappa shape index (κ1) is 13.7. The number of anilines is 1. The van der Waals surface area contributed by atoms with Crippen LogP contribution in [0.1, 0.15) is 6.92 Å². The van der Waals surface area contributed by atoms with E-state index in [0.717, 1.165) is 0 Å². The summed E-state index contributed by atoms with van der Waals surface area (Å²) < 4.78 is 29.8. The van der Waals surface area contributed by atoms with Gasteiger partial charge in [-0.2, -0.15) is 0 Å². The van der Waals surface area contributed by atoms with E-state index >= 15 is 0 Å². The first-order chi connectivity index (χ1) is 7.94. The second kappa shape index (κ2) is 5.83. The summed E-state index contributed by atoms with van der Waals surface area (Å²) in [5, 5.41) is 0.0138. The lowest BCUT2D eigenvalue weighted by Gasteiger charge is -2.08. The van der Waals surface area contributed by atoms with Crippen molar-refractivity contribution in [2.45, 2.75) is 6.92 Å². The fourth-order valence-electron chi connectivity index (χ4n) is 1.02. The minimum atomic E-state index is -3.83.